The molecule has 1 aliphatic rings. The summed E-state index contributed by atoms with van der Waals surface area (Å²) in [5.74, 6) is 0.442. The normalized spacial score (nSPS) is 16.8. The molecule has 0 fully saturated rings. The maximum absolute atomic E-state index is 13.4. The minimum atomic E-state index is -0.908. The Balaban J connectivity index is 1.57. The van der Waals surface area contributed by atoms with E-state index in [1.807, 2.05) is 42.5 Å². The summed E-state index contributed by atoms with van der Waals surface area (Å²) in [6.07, 6.45) is 3.88. The maximum Gasteiger partial charge on any atom is 0.252 e. The highest BCUT2D eigenvalue weighted by Gasteiger charge is 2.42. The number of fused-ring (bicyclic) bond motifs is 1. The summed E-state index contributed by atoms with van der Waals surface area (Å²) in [7, 11) is 1.58. The molecule has 6 nitrogen and oxygen atoms in total. The van der Waals surface area contributed by atoms with E-state index in [0.717, 1.165) is 16.7 Å². The van der Waals surface area contributed by atoms with Gasteiger partial charge in [-0.2, -0.15) is 0 Å². The van der Waals surface area contributed by atoms with Gasteiger partial charge in [0.05, 0.1) is 13.7 Å². The van der Waals surface area contributed by atoms with Crippen molar-refractivity contribution in [1.82, 2.24) is 15.3 Å². The van der Waals surface area contributed by atoms with Gasteiger partial charge in [-0.1, -0.05) is 24.3 Å². The van der Waals surface area contributed by atoms with Gasteiger partial charge >= 0.3 is 0 Å². The van der Waals surface area contributed by atoms with Crippen molar-refractivity contribution in [3.63, 3.8) is 0 Å². The summed E-state index contributed by atoms with van der Waals surface area (Å²) >= 11 is 0. The van der Waals surface area contributed by atoms with E-state index in [0.29, 0.717) is 35.9 Å². The van der Waals surface area contributed by atoms with E-state index in [9.17, 15) is 9.18 Å². The minimum Gasteiger partial charge on any atom is -0.491 e. The van der Waals surface area contributed by atoms with Gasteiger partial charge in [0.1, 0.15) is 22.8 Å². The molecule has 0 radical (unpaired) electrons. The molecular formula is C27H22FN3O3. The zero-order valence-corrected chi connectivity index (χ0v) is 18.5. The Morgan fingerprint density at radius 2 is 1.79 bits per heavy atom. The third kappa shape index (κ3) is 3.96. The molecule has 7 heteroatoms. The van der Waals surface area contributed by atoms with Crippen LogP contribution in [-0.4, -0.2) is 29.6 Å². The summed E-state index contributed by atoms with van der Waals surface area (Å²) in [4.78, 5) is 22.0. The fraction of sp³-hybridized carbons (Fsp3) is 0.148. The number of methoxy groups -OCH3 is 1. The number of hydrogen-bond acceptors (Lipinski definition) is 5. The average molecular weight is 455 g/mol. The van der Waals surface area contributed by atoms with E-state index in [4.69, 9.17) is 9.47 Å². The highest BCUT2D eigenvalue weighted by Crippen LogP contribution is 2.41. The highest BCUT2D eigenvalue weighted by atomic mass is 19.1. The molecule has 4 aromatic rings. The van der Waals surface area contributed by atoms with Gasteiger partial charge in [0.15, 0.2) is 0 Å². The van der Waals surface area contributed by atoms with Crippen LogP contribution in [0.25, 0.3) is 11.1 Å². The molecule has 0 saturated carbocycles. The van der Waals surface area contributed by atoms with Gasteiger partial charge in [-0.15, -0.1) is 0 Å². The van der Waals surface area contributed by atoms with Crippen LogP contribution in [0.5, 0.6) is 11.6 Å². The fourth-order valence-corrected chi connectivity index (χ4v) is 4.25. The third-order valence-corrected chi connectivity index (χ3v) is 6.00. The Morgan fingerprint density at radius 3 is 2.56 bits per heavy atom. The summed E-state index contributed by atoms with van der Waals surface area (Å²) in [5, 5.41) is 3.18. The average Bonchev–Trinajstić information content (AvgIpc) is 2.89. The van der Waals surface area contributed by atoms with Crippen LogP contribution >= 0.6 is 0 Å². The molecular weight excluding hydrogens is 433 g/mol. The number of nitrogens with zero attached hydrogens (tertiary/aromatic N) is 2. The number of amides is 1. The highest BCUT2D eigenvalue weighted by molar-refractivity contribution is 5.95. The van der Waals surface area contributed by atoms with Gasteiger partial charge in [-0.25, -0.2) is 9.37 Å². The van der Waals surface area contributed by atoms with E-state index < -0.39 is 11.4 Å². The number of carbonyl (C=O) groups excluding carboxylic acids is 1. The molecule has 0 saturated heterocycles. The molecule has 5 rings (SSSR count). The largest absolute Gasteiger partial charge is 0.491 e. The first kappa shape index (κ1) is 21.6. The molecule has 3 heterocycles. The first-order valence-corrected chi connectivity index (χ1v) is 10.9. The lowest BCUT2D eigenvalue weighted by Gasteiger charge is -2.39. The molecule has 0 aliphatic carbocycles. The molecule has 1 N–H and O–H groups in total. The second-order valence-corrected chi connectivity index (χ2v) is 7.98. The molecule has 2 aromatic heterocycles. The number of aromatic nitrogens is 2. The van der Waals surface area contributed by atoms with Crippen molar-refractivity contribution < 1.29 is 18.7 Å². The summed E-state index contributed by atoms with van der Waals surface area (Å²) in [6.45, 7) is 0.408. The van der Waals surface area contributed by atoms with Gasteiger partial charge in [0.2, 0.25) is 5.88 Å². The molecule has 0 spiro atoms. The predicted molar refractivity (Wildman–Crippen MR) is 125 cm³/mol. The van der Waals surface area contributed by atoms with Crippen molar-refractivity contribution in [3.8, 4) is 22.8 Å². The fourth-order valence-electron chi connectivity index (χ4n) is 4.25. The van der Waals surface area contributed by atoms with Crippen LogP contribution in [0.15, 0.2) is 85.2 Å². The second-order valence-electron chi connectivity index (χ2n) is 7.98. The molecule has 1 atom stereocenters. The lowest BCUT2D eigenvalue weighted by molar-refractivity contribution is 0.0883. The Kier molecular flexibility index (Phi) is 5.67. The standard InChI is InChI=1S/C27H22FN3O3/c1-33-24-17-20(12-15-29-24)18-4-8-21(9-5-18)27(13-16-34-23-3-2-14-30-25(23)27)31-26(32)19-6-10-22(28)11-7-19/h2-12,14-15,17H,13,16H2,1H3,(H,31,32)/t27-/m0/s1. The van der Waals surface area contributed by atoms with Crippen LogP contribution in [0.2, 0.25) is 0 Å². The van der Waals surface area contributed by atoms with Crippen LogP contribution < -0.4 is 14.8 Å². The SMILES string of the molecule is COc1cc(-c2ccc([C@@]3(NC(=O)c4ccc(F)cc4)CCOc4cccnc43)cc2)ccn1. The van der Waals surface area contributed by atoms with Crippen molar-refractivity contribution in [2.45, 2.75) is 12.0 Å². The van der Waals surface area contributed by atoms with E-state index in [1.54, 1.807) is 25.6 Å². The smallest absolute Gasteiger partial charge is 0.252 e. The Labute approximate surface area is 196 Å². The number of pyridine rings is 2. The number of ether oxygens (including phenoxy) is 2. The van der Waals surface area contributed by atoms with Gasteiger partial charge in [-0.3, -0.25) is 9.78 Å². The van der Waals surface area contributed by atoms with E-state index in [2.05, 4.69) is 15.3 Å². The van der Waals surface area contributed by atoms with Crippen LogP contribution in [0.4, 0.5) is 4.39 Å². The Bertz CT molecular complexity index is 1330. The molecule has 170 valence electrons. The number of benzene rings is 2. The second kappa shape index (κ2) is 8.94. The van der Waals surface area contributed by atoms with E-state index in [-0.39, 0.29) is 5.91 Å². The quantitative estimate of drug-likeness (QED) is 0.470. The van der Waals surface area contributed by atoms with Crippen molar-refractivity contribution in [2.75, 3.05) is 13.7 Å². The van der Waals surface area contributed by atoms with Crippen LogP contribution in [0, 0.1) is 5.82 Å². The van der Waals surface area contributed by atoms with Crippen molar-refractivity contribution in [3.05, 3.63) is 108 Å². The molecule has 1 amide bonds. The topological polar surface area (TPSA) is 73.3 Å². The van der Waals surface area contributed by atoms with Gasteiger partial charge < -0.3 is 14.8 Å². The van der Waals surface area contributed by atoms with Crippen LogP contribution in [0.1, 0.15) is 28.0 Å². The predicted octanol–water partition coefficient (Wildman–Crippen LogP) is 4.75. The first-order valence-electron chi connectivity index (χ1n) is 10.9. The lowest BCUT2D eigenvalue weighted by atomic mass is 9.80. The minimum absolute atomic E-state index is 0.318. The number of rotatable bonds is 5. The number of carbonyl (C=O) groups is 1. The summed E-state index contributed by atoms with van der Waals surface area (Å²) < 4.78 is 24.5. The van der Waals surface area contributed by atoms with Gasteiger partial charge in [0.25, 0.3) is 5.91 Å². The van der Waals surface area contributed by atoms with Gasteiger partial charge in [-0.05, 0) is 59.2 Å². The Hall–Kier alpha value is -4.26. The zero-order valence-electron chi connectivity index (χ0n) is 18.5. The first-order chi connectivity index (χ1) is 16.6. The van der Waals surface area contributed by atoms with E-state index in [1.165, 1.54) is 24.3 Å². The maximum atomic E-state index is 13.4. The molecule has 0 bridgehead atoms. The summed E-state index contributed by atoms with van der Waals surface area (Å²) in [6, 6.07) is 20.9. The molecule has 1 aliphatic heterocycles. The molecule has 2 aromatic carbocycles. The molecule has 0 unspecified atom stereocenters. The van der Waals surface area contributed by atoms with Crippen molar-refractivity contribution in [2.24, 2.45) is 0 Å². The van der Waals surface area contributed by atoms with Gasteiger partial charge in [0, 0.05) is 30.4 Å². The number of nitrogens with one attached hydrogen (secondary N) is 1. The van der Waals surface area contributed by atoms with Crippen LogP contribution in [0.3, 0.4) is 0 Å². The monoisotopic (exact) mass is 455 g/mol. The third-order valence-electron chi connectivity index (χ3n) is 6.00. The number of halogens is 1. The van der Waals surface area contributed by atoms with Crippen LogP contribution in [-0.2, 0) is 5.54 Å². The Morgan fingerprint density at radius 1 is 1.00 bits per heavy atom. The lowest BCUT2D eigenvalue weighted by Crippen LogP contribution is -2.50. The summed E-state index contributed by atoms with van der Waals surface area (Å²) in [5.41, 5.74) is 2.91. The zero-order chi connectivity index (χ0) is 23.5. The van der Waals surface area contributed by atoms with E-state index >= 15 is 0 Å². The van der Waals surface area contributed by atoms with Crippen molar-refractivity contribution in [1.29, 1.82) is 0 Å². The molecule has 34 heavy (non-hydrogen) atoms. The van der Waals surface area contributed by atoms with Crippen molar-refractivity contribution >= 4 is 5.91 Å². The number of hydrogen-bond donors (Lipinski definition) is 1.